The van der Waals surface area contributed by atoms with Crippen molar-refractivity contribution in [2.24, 2.45) is 5.92 Å². The zero-order valence-corrected chi connectivity index (χ0v) is 16.3. The molecule has 0 spiro atoms. The van der Waals surface area contributed by atoms with Crippen molar-refractivity contribution in [2.45, 2.75) is 6.42 Å². The van der Waals surface area contributed by atoms with Crippen LogP contribution in [0.5, 0.6) is 0 Å². The third kappa shape index (κ3) is 4.54. The molecule has 1 fully saturated rings. The second-order valence-corrected chi connectivity index (χ2v) is 7.38. The standard InChI is InChI=1S/C25H24N2O2/c28-24-23(17-19-8-7-13-22(16-19)20-9-3-1-4-10-20)18-27(15-14-26-24)25(29)21-11-5-2-6-12-21/h1-13,16,23H,14-15,17-18H2,(H,26,28)/t23-/m1/s1. The highest BCUT2D eigenvalue weighted by molar-refractivity contribution is 5.94. The van der Waals surface area contributed by atoms with Gasteiger partial charge in [0.05, 0.1) is 5.92 Å². The fourth-order valence-electron chi connectivity index (χ4n) is 3.80. The second kappa shape index (κ2) is 8.74. The lowest BCUT2D eigenvalue weighted by Crippen LogP contribution is -2.37. The number of rotatable bonds is 4. The van der Waals surface area contributed by atoms with E-state index in [4.69, 9.17) is 0 Å². The zero-order valence-electron chi connectivity index (χ0n) is 16.3. The normalized spacial score (nSPS) is 16.8. The van der Waals surface area contributed by atoms with Crippen molar-refractivity contribution in [3.05, 3.63) is 96.1 Å². The fraction of sp³-hybridized carbons (Fsp3) is 0.200. The van der Waals surface area contributed by atoms with E-state index in [0.29, 0.717) is 31.6 Å². The van der Waals surface area contributed by atoms with Crippen molar-refractivity contribution in [1.82, 2.24) is 10.2 Å². The molecular weight excluding hydrogens is 360 g/mol. The van der Waals surface area contributed by atoms with Crippen LogP contribution in [0.1, 0.15) is 15.9 Å². The molecule has 0 aliphatic carbocycles. The lowest BCUT2D eigenvalue weighted by Gasteiger charge is -2.23. The molecule has 1 aliphatic heterocycles. The molecule has 0 saturated carbocycles. The summed E-state index contributed by atoms with van der Waals surface area (Å²) < 4.78 is 0. The highest BCUT2D eigenvalue weighted by atomic mass is 16.2. The SMILES string of the molecule is O=C1NCCN(C(=O)c2ccccc2)C[C@H]1Cc1cccc(-c2ccccc2)c1. The maximum absolute atomic E-state index is 12.9. The first-order valence-corrected chi connectivity index (χ1v) is 9.97. The Hall–Kier alpha value is -3.40. The summed E-state index contributed by atoms with van der Waals surface area (Å²) in [4.78, 5) is 27.3. The van der Waals surface area contributed by atoms with Crippen LogP contribution >= 0.6 is 0 Å². The zero-order chi connectivity index (χ0) is 20.1. The van der Waals surface area contributed by atoms with Crippen molar-refractivity contribution in [2.75, 3.05) is 19.6 Å². The number of nitrogens with zero attached hydrogens (tertiary/aromatic N) is 1. The van der Waals surface area contributed by atoms with Crippen LogP contribution in [0.25, 0.3) is 11.1 Å². The molecule has 1 N–H and O–H groups in total. The van der Waals surface area contributed by atoms with Gasteiger partial charge in [-0.2, -0.15) is 0 Å². The Morgan fingerprint density at radius 1 is 0.897 bits per heavy atom. The highest BCUT2D eigenvalue weighted by Gasteiger charge is 2.28. The Morgan fingerprint density at radius 2 is 1.59 bits per heavy atom. The molecule has 29 heavy (non-hydrogen) atoms. The molecule has 1 heterocycles. The van der Waals surface area contributed by atoms with Crippen molar-refractivity contribution >= 4 is 11.8 Å². The second-order valence-electron chi connectivity index (χ2n) is 7.38. The average molecular weight is 384 g/mol. The first-order chi connectivity index (χ1) is 14.2. The van der Waals surface area contributed by atoms with E-state index in [-0.39, 0.29) is 17.7 Å². The Bertz CT molecular complexity index is 986. The molecule has 4 nitrogen and oxygen atoms in total. The van der Waals surface area contributed by atoms with Gasteiger partial charge in [0.15, 0.2) is 0 Å². The number of carbonyl (C=O) groups is 2. The predicted octanol–water partition coefficient (Wildman–Crippen LogP) is 3.78. The van der Waals surface area contributed by atoms with E-state index in [1.807, 2.05) is 60.7 Å². The number of nitrogens with one attached hydrogen (secondary N) is 1. The Kier molecular flexibility index (Phi) is 5.71. The summed E-state index contributed by atoms with van der Waals surface area (Å²) in [6.45, 7) is 1.44. The quantitative estimate of drug-likeness (QED) is 0.744. The van der Waals surface area contributed by atoms with Gasteiger partial charge in [-0.15, -0.1) is 0 Å². The topological polar surface area (TPSA) is 49.4 Å². The largest absolute Gasteiger partial charge is 0.354 e. The number of carbonyl (C=O) groups excluding carboxylic acids is 2. The average Bonchev–Trinajstić information content (AvgIpc) is 2.96. The van der Waals surface area contributed by atoms with Crippen LogP contribution in [0.2, 0.25) is 0 Å². The van der Waals surface area contributed by atoms with Crippen LogP contribution in [-0.4, -0.2) is 36.3 Å². The fourth-order valence-corrected chi connectivity index (χ4v) is 3.80. The van der Waals surface area contributed by atoms with Gasteiger partial charge in [0, 0.05) is 25.2 Å². The van der Waals surface area contributed by atoms with Crippen LogP contribution in [0, 0.1) is 5.92 Å². The van der Waals surface area contributed by atoms with Gasteiger partial charge < -0.3 is 10.2 Å². The van der Waals surface area contributed by atoms with Crippen LogP contribution in [0.15, 0.2) is 84.9 Å². The van der Waals surface area contributed by atoms with Gasteiger partial charge in [0.25, 0.3) is 5.91 Å². The number of hydrogen-bond donors (Lipinski definition) is 1. The molecule has 4 rings (SSSR count). The summed E-state index contributed by atoms with van der Waals surface area (Å²) >= 11 is 0. The van der Waals surface area contributed by atoms with E-state index in [0.717, 1.165) is 16.7 Å². The lowest BCUT2D eigenvalue weighted by molar-refractivity contribution is -0.124. The molecular formula is C25H24N2O2. The van der Waals surface area contributed by atoms with E-state index in [2.05, 4.69) is 29.6 Å². The van der Waals surface area contributed by atoms with Crippen LogP contribution in [-0.2, 0) is 11.2 Å². The third-order valence-corrected chi connectivity index (χ3v) is 5.32. The highest BCUT2D eigenvalue weighted by Crippen LogP contribution is 2.22. The first-order valence-electron chi connectivity index (χ1n) is 9.97. The van der Waals surface area contributed by atoms with Gasteiger partial charge in [0.2, 0.25) is 5.91 Å². The van der Waals surface area contributed by atoms with Crippen LogP contribution in [0.3, 0.4) is 0 Å². The van der Waals surface area contributed by atoms with Crippen molar-refractivity contribution < 1.29 is 9.59 Å². The van der Waals surface area contributed by atoms with Gasteiger partial charge in [-0.05, 0) is 35.2 Å². The van der Waals surface area contributed by atoms with Crippen molar-refractivity contribution in [1.29, 1.82) is 0 Å². The Balaban J connectivity index is 1.52. The monoisotopic (exact) mass is 384 g/mol. The lowest BCUT2D eigenvalue weighted by atomic mass is 9.95. The summed E-state index contributed by atoms with van der Waals surface area (Å²) in [5.41, 5.74) is 4.04. The third-order valence-electron chi connectivity index (χ3n) is 5.32. The van der Waals surface area contributed by atoms with Gasteiger partial charge in [0.1, 0.15) is 0 Å². The molecule has 1 saturated heterocycles. The van der Waals surface area contributed by atoms with Crippen molar-refractivity contribution in [3.8, 4) is 11.1 Å². The van der Waals surface area contributed by atoms with E-state index < -0.39 is 0 Å². The van der Waals surface area contributed by atoms with E-state index >= 15 is 0 Å². The van der Waals surface area contributed by atoms with Crippen LogP contribution < -0.4 is 5.32 Å². The summed E-state index contributed by atoms with van der Waals surface area (Å²) in [7, 11) is 0. The summed E-state index contributed by atoms with van der Waals surface area (Å²) in [6.07, 6.45) is 0.602. The minimum atomic E-state index is -0.267. The molecule has 0 bridgehead atoms. The molecule has 3 aromatic rings. The Labute approximate surface area is 171 Å². The molecule has 0 radical (unpaired) electrons. The smallest absolute Gasteiger partial charge is 0.253 e. The molecule has 3 aromatic carbocycles. The van der Waals surface area contributed by atoms with Crippen molar-refractivity contribution in [3.63, 3.8) is 0 Å². The van der Waals surface area contributed by atoms with Gasteiger partial charge >= 0.3 is 0 Å². The van der Waals surface area contributed by atoms with Crippen LogP contribution in [0.4, 0.5) is 0 Å². The summed E-state index contributed by atoms with van der Waals surface area (Å²) in [6, 6.07) is 27.8. The summed E-state index contributed by atoms with van der Waals surface area (Å²) in [5, 5.41) is 2.96. The first kappa shape index (κ1) is 18.9. The maximum atomic E-state index is 12.9. The Morgan fingerprint density at radius 3 is 2.34 bits per heavy atom. The molecule has 2 amide bonds. The van der Waals surface area contributed by atoms with Gasteiger partial charge in [-0.25, -0.2) is 0 Å². The predicted molar refractivity (Wildman–Crippen MR) is 114 cm³/mol. The number of benzene rings is 3. The summed E-state index contributed by atoms with van der Waals surface area (Å²) in [5.74, 6) is -0.278. The molecule has 4 heteroatoms. The van der Waals surface area contributed by atoms with E-state index in [9.17, 15) is 9.59 Å². The minimum Gasteiger partial charge on any atom is -0.354 e. The molecule has 1 atom stereocenters. The maximum Gasteiger partial charge on any atom is 0.253 e. The van der Waals surface area contributed by atoms with Gasteiger partial charge in [-0.1, -0.05) is 72.8 Å². The molecule has 0 aromatic heterocycles. The minimum absolute atomic E-state index is 0.0125. The van der Waals surface area contributed by atoms with E-state index in [1.54, 1.807) is 4.90 Å². The number of hydrogen-bond acceptors (Lipinski definition) is 2. The molecule has 0 unspecified atom stereocenters. The van der Waals surface area contributed by atoms with Gasteiger partial charge in [-0.3, -0.25) is 9.59 Å². The molecule has 146 valence electrons. The number of amides is 2. The molecule has 1 aliphatic rings. The van der Waals surface area contributed by atoms with E-state index in [1.165, 1.54) is 0 Å².